The van der Waals surface area contributed by atoms with Gasteiger partial charge in [0.05, 0.1) is 19.5 Å². The third kappa shape index (κ3) is 5.22. The van der Waals surface area contributed by atoms with Gasteiger partial charge in [-0.15, -0.1) is 0 Å². The highest BCUT2D eigenvalue weighted by molar-refractivity contribution is 5.89. The number of nitrogens with one attached hydrogen (secondary N) is 1. The molecule has 4 rings (SSSR count). The third-order valence-electron chi connectivity index (χ3n) is 4.97. The molecule has 0 spiro atoms. The summed E-state index contributed by atoms with van der Waals surface area (Å²) >= 11 is 0. The predicted molar refractivity (Wildman–Crippen MR) is 119 cm³/mol. The van der Waals surface area contributed by atoms with Gasteiger partial charge in [-0.3, -0.25) is 0 Å². The van der Waals surface area contributed by atoms with E-state index in [0.29, 0.717) is 25.4 Å². The zero-order chi connectivity index (χ0) is 21.5. The van der Waals surface area contributed by atoms with E-state index in [1.807, 2.05) is 75.8 Å². The molecule has 8 heteroatoms. The van der Waals surface area contributed by atoms with Gasteiger partial charge in [-0.2, -0.15) is 0 Å². The van der Waals surface area contributed by atoms with E-state index in [9.17, 15) is 4.79 Å². The van der Waals surface area contributed by atoms with Crippen molar-refractivity contribution in [3.05, 3.63) is 79.3 Å². The summed E-state index contributed by atoms with van der Waals surface area (Å²) in [4.78, 5) is 23.3. The number of imidazole rings is 2. The topological polar surface area (TPSA) is 76.7 Å². The van der Waals surface area contributed by atoms with Crippen molar-refractivity contribution in [1.82, 2.24) is 23.8 Å². The first-order valence-corrected chi connectivity index (χ1v) is 10.4. The van der Waals surface area contributed by atoms with E-state index in [4.69, 9.17) is 4.74 Å². The van der Waals surface area contributed by atoms with Crippen LogP contribution in [0.25, 0.3) is 5.65 Å². The Morgan fingerprint density at radius 1 is 1.16 bits per heavy atom. The van der Waals surface area contributed by atoms with Gasteiger partial charge in [0, 0.05) is 61.4 Å². The van der Waals surface area contributed by atoms with E-state index in [0.717, 1.165) is 29.9 Å². The Balaban J connectivity index is 1.49. The Morgan fingerprint density at radius 2 is 2.06 bits per heavy atom. The lowest BCUT2D eigenvalue weighted by Crippen LogP contribution is -2.35. The molecule has 3 heterocycles. The minimum Gasteiger partial charge on any atom is -0.494 e. The van der Waals surface area contributed by atoms with Crippen LogP contribution in [-0.4, -0.2) is 43.0 Å². The predicted octanol–water partition coefficient (Wildman–Crippen LogP) is 4.05. The second kappa shape index (κ2) is 9.80. The fourth-order valence-electron chi connectivity index (χ4n) is 3.44. The number of aryl methyl sites for hydroxylation is 1. The first kappa shape index (κ1) is 20.5. The molecule has 1 N–H and O–H groups in total. The molecule has 3 aromatic heterocycles. The molecular weight excluding hydrogens is 392 g/mol. The molecular formula is C23H26N6O2. The van der Waals surface area contributed by atoms with Crippen molar-refractivity contribution < 1.29 is 9.53 Å². The lowest BCUT2D eigenvalue weighted by molar-refractivity contribution is 0.206. The van der Waals surface area contributed by atoms with Crippen LogP contribution >= 0.6 is 0 Å². The van der Waals surface area contributed by atoms with E-state index in [-0.39, 0.29) is 6.03 Å². The Hall–Kier alpha value is -3.81. The highest BCUT2D eigenvalue weighted by Gasteiger charge is 2.16. The maximum atomic E-state index is 13.2. The number of nitrogens with zero attached hydrogens (tertiary/aromatic N) is 5. The molecule has 2 amide bonds. The normalized spacial score (nSPS) is 10.9. The summed E-state index contributed by atoms with van der Waals surface area (Å²) in [5, 5.41) is 3.01. The van der Waals surface area contributed by atoms with E-state index in [2.05, 4.69) is 15.3 Å². The molecule has 0 fully saturated rings. The highest BCUT2D eigenvalue weighted by atomic mass is 16.5. The average molecular weight is 419 g/mol. The molecule has 0 saturated carbocycles. The van der Waals surface area contributed by atoms with E-state index < -0.39 is 0 Å². The molecule has 0 aliphatic carbocycles. The van der Waals surface area contributed by atoms with Crippen LogP contribution in [0.4, 0.5) is 10.5 Å². The summed E-state index contributed by atoms with van der Waals surface area (Å²) in [5.74, 6) is 0.802. The Morgan fingerprint density at radius 3 is 2.90 bits per heavy atom. The molecule has 8 nitrogen and oxygen atoms in total. The van der Waals surface area contributed by atoms with Crippen molar-refractivity contribution in [2.75, 3.05) is 18.5 Å². The van der Waals surface area contributed by atoms with Crippen molar-refractivity contribution >= 4 is 17.4 Å². The second-order valence-corrected chi connectivity index (χ2v) is 7.15. The SMILES string of the molecule is CCOc1ccccc1CN(CCCn1ccnc1)C(=O)Nc1ccn2ccnc2c1. The molecule has 160 valence electrons. The summed E-state index contributed by atoms with van der Waals surface area (Å²) in [7, 11) is 0. The third-order valence-corrected chi connectivity index (χ3v) is 4.97. The van der Waals surface area contributed by atoms with Crippen LogP contribution in [0.5, 0.6) is 5.75 Å². The second-order valence-electron chi connectivity index (χ2n) is 7.15. The number of para-hydroxylation sites is 1. The van der Waals surface area contributed by atoms with Gasteiger partial charge in [0.25, 0.3) is 0 Å². The maximum Gasteiger partial charge on any atom is 0.322 e. The van der Waals surface area contributed by atoms with Gasteiger partial charge >= 0.3 is 6.03 Å². The van der Waals surface area contributed by atoms with Gasteiger partial charge in [-0.25, -0.2) is 14.8 Å². The summed E-state index contributed by atoms with van der Waals surface area (Å²) in [6.07, 6.45) is 11.8. The van der Waals surface area contributed by atoms with E-state index in [1.165, 1.54) is 0 Å². The number of ether oxygens (including phenoxy) is 1. The summed E-state index contributed by atoms with van der Waals surface area (Å²) in [6.45, 7) is 4.37. The van der Waals surface area contributed by atoms with Crippen molar-refractivity contribution in [3.63, 3.8) is 0 Å². The highest BCUT2D eigenvalue weighted by Crippen LogP contribution is 2.21. The molecule has 0 aliphatic heterocycles. The number of amides is 2. The largest absolute Gasteiger partial charge is 0.494 e. The molecule has 31 heavy (non-hydrogen) atoms. The van der Waals surface area contributed by atoms with Crippen LogP contribution < -0.4 is 10.1 Å². The maximum absolute atomic E-state index is 13.2. The molecule has 0 radical (unpaired) electrons. The number of aromatic nitrogens is 4. The summed E-state index contributed by atoms with van der Waals surface area (Å²) in [5.41, 5.74) is 2.47. The van der Waals surface area contributed by atoms with Crippen LogP contribution in [0, 0.1) is 0 Å². The number of carbonyl (C=O) groups excluding carboxylic acids is 1. The first-order chi connectivity index (χ1) is 15.2. The smallest absolute Gasteiger partial charge is 0.322 e. The number of anilines is 1. The van der Waals surface area contributed by atoms with Gasteiger partial charge < -0.3 is 23.9 Å². The first-order valence-electron chi connectivity index (χ1n) is 10.4. The summed E-state index contributed by atoms with van der Waals surface area (Å²) in [6, 6.07) is 11.4. The Kier molecular flexibility index (Phi) is 6.47. The quantitative estimate of drug-likeness (QED) is 0.445. The summed E-state index contributed by atoms with van der Waals surface area (Å²) < 4.78 is 9.67. The number of hydrogen-bond acceptors (Lipinski definition) is 4. The molecule has 0 saturated heterocycles. The fourth-order valence-corrected chi connectivity index (χ4v) is 3.44. The molecule has 0 aliphatic rings. The lowest BCUT2D eigenvalue weighted by atomic mass is 10.2. The van der Waals surface area contributed by atoms with Crippen LogP contribution in [0.2, 0.25) is 0 Å². The van der Waals surface area contributed by atoms with E-state index in [1.54, 1.807) is 18.7 Å². The molecule has 0 unspecified atom stereocenters. The van der Waals surface area contributed by atoms with Gasteiger partial charge in [0.2, 0.25) is 0 Å². The zero-order valence-electron chi connectivity index (χ0n) is 17.5. The molecule has 4 aromatic rings. The molecule has 0 atom stereocenters. The molecule has 1 aromatic carbocycles. The van der Waals surface area contributed by atoms with Crippen LogP contribution in [0.15, 0.2) is 73.7 Å². The lowest BCUT2D eigenvalue weighted by Gasteiger charge is -2.24. The Labute approximate surface area is 181 Å². The average Bonchev–Trinajstić information content (AvgIpc) is 3.46. The van der Waals surface area contributed by atoms with Crippen LogP contribution in [0.1, 0.15) is 18.9 Å². The van der Waals surface area contributed by atoms with Gasteiger partial charge in [-0.05, 0) is 25.5 Å². The molecule has 0 bridgehead atoms. The van der Waals surface area contributed by atoms with Gasteiger partial charge in [0.15, 0.2) is 0 Å². The van der Waals surface area contributed by atoms with Crippen LogP contribution in [0.3, 0.4) is 0 Å². The number of fused-ring (bicyclic) bond motifs is 1. The van der Waals surface area contributed by atoms with Crippen molar-refractivity contribution in [1.29, 1.82) is 0 Å². The zero-order valence-corrected chi connectivity index (χ0v) is 17.5. The number of urea groups is 1. The number of benzene rings is 1. The Bertz CT molecular complexity index is 1120. The standard InChI is InChI=1S/C23H26N6O2/c1-2-31-21-7-4-3-6-19(21)17-29(12-5-11-27-14-9-24-18-27)23(30)26-20-8-13-28-15-10-25-22(28)16-20/h3-4,6-10,13-16,18H,2,5,11-12,17H2,1H3,(H,26,30). The number of pyridine rings is 1. The monoisotopic (exact) mass is 418 g/mol. The number of carbonyl (C=O) groups is 1. The van der Waals surface area contributed by atoms with Crippen molar-refractivity contribution in [2.24, 2.45) is 0 Å². The minimum absolute atomic E-state index is 0.159. The van der Waals surface area contributed by atoms with Gasteiger partial charge in [0.1, 0.15) is 11.4 Å². The number of rotatable bonds is 9. The fraction of sp³-hybridized carbons (Fsp3) is 0.261. The minimum atomic E-state index is -0.159. The van der Waals surface area contributed by atoms with E-state index >= 15 is 0 Å². The van der Waals surface area contributed by atoms with Crippen molar-refractivity contribution in [3.8, 4) is 5.75 Å². The van der Waals surface area contributed by atoms with Crippen molar-refractivity contribution in [2.45, 2.75) is 26.4 Å². The van der Waals surface area contributed by atoms with Gasteiger partial charge in [-0.1, -0.05) is 18.2 Å². The number of hydrogen-bond donors (Lipinski definition) is 1. The van der Waals surface area contributed by atoms with Crippen LogP contribution in [-0.2, 0) is 13.1 Å².